The fraction of sp³-hybridized carbons (Fsp3) is 0.250. The number of hydrogen-bond acceptors (Lipinski definition) is 2. The van der Waals surface area contributed by atoms with Crippen molar-refractivity contribution in [1.29, 1.82) is 0 Å². The van der Waals surface area contributed by atoms with E-state index in [-0.39, 0.29) is 12.0 Å². The summed E-state index contributed by atoms with van der Waals surface area (Å²) in [6.07, 6.45) is 0.422. The molecule has 1 aliphatic heterocycles. The highest BCUT2D eigenvalue weighted by atomic mass is 32.2. The summed E-state index contributed by atoms with van der Waals surface area (Å²) in [5.74, 6) is 0.0743. The molecule has 2 aromatic rings. The molecule has 0 spiro atoms. The Balaban J connectivity index is 1.79. The summed E-state index contributed by atoms with van der Waals surface area (Å²) >= 11 is 1.79. The van der Waals surface area contributed by atoms with E-state index >= 15 is 0 Å². The average molecular weight is 291 g/mol. The zero-order chi connectivity index (χ0) is 14.1. The molecule has 2 atom stereocenters. The smallest absolute Gasteiger partial charge is 0.129 e. The van der Waals surface area contributed by atoms with Gasteiger partial charge < -0.3 is 5.73 Å². The van der Waals surface area contributed by atoms with Crippen LogP contribution in [-0.4, -0.2) is 11.8 Å². The standard InChI is InChI=1S/C16H15F2NS/c17-11-6-5-10(14(18)8-11)7-15(19)13-9-20-16-4-2-1-3-12(13)16/h1-6,8,13,15H,7,9,19H2. The van der Waals surface area contributed by atoms with Crippen LogP contribution in [0.4, 0.5) is 8.78 Å². The number of halogens is 2. The van der Waals surface area contributed by atoms with Crippen LogP contribution in [0.3, 0.4) is 0 Å². The van der Waals surface area contributed by atoms with E-state index in [1.165, 1.54) is 22.6 Å². The molecule has 0 amide bonds. The van der Waals surface area contributed by atoms with Gasteiger partial charge in [-0.05, 0) is 29.7 Å². The molecule has 2 aromatic carbocycles. The lowest BCUT2D eigenvalue weighted by Crippen LogP contribution is -2.31. The highest BCUT2D eigenvalue weighted by molar-refractivity contribution is 7.99. The molecule has 0 radical (unpaired) electrons. The first kappa shape index (κ1) is 13.6. The van der Waals surface area contributed by atoms with E-state index in [2.05, 4.69) is 12.1 Å². The Morgan fingerprint density at radius 1 is 1.20 bits per heavy atom. The maximum Gasteiger partial charge on any atom is 0.129 e. The molecule has 1 heterocycles. The molecule has 2 N–H and O–H groups in total. The summed E-state index contributed by atoms with van der Waals surface area (Å²) in [7, 11) is 0. The van der Waals surface area contributed by atoms with Crippen LogP contribution in [0, 0.1) is 11.6 Å². The topological polar surface area (TPSA) is 26.0 Å². The fourth-order valence-electron chi connectivity index (χ4n) is 2.63. The summed E-state index contributed by atoms with van der Waals surface area (Å²) in [6.45, 7) is 0. The van der Waals surface area contributed by atoms with Crippen LogP contribution >= 0.6 is 11.8 Å². The maximum absolute atomic E-state index is 13.7. The molecular formula is C16H15F2NS. The van der Waals surface area contributed by atoms with Crippen molar-refractivity contribution >= 4 is 11.8 Å². The number of rotatable bonds is 3. The minimum absolute atomic E-state index is 0.161. The molecule has 0 bridgehead atoms. The van der Waals surface area contributed by atoms with Gasteiger partial charge in [-0.25, -0.2) is 8.78 Å². The van der Waals surface area contributed by atoms with E-state index in [0.717, 1.165) is 11.8 Å². The molecule has 20 heavy (non-hydrogen) atoms. The molecule has 0 saturated carbocycles. The second-order valence-corrected chi connectivity index (χ2v) is 6.12. The molecule has 0 aliphatic carbocycles. The predicted octanol–water partition coefficient (Wildman–Crippen LogP) is 3.72. The van der Waals surface area contributed by atoms with Crippen LogP contribution in [0.5, 0.6) is 0 Å². The number of fused-ring (bicyclic) bond motifs is 1. The minimum atomic E-state index is -0.554. The van der Waals surface area contributed by atoms with Gasteiger partial charge in [0.2, 0.25) is 0 Å². The first-order chi connectivity index (χ1) is 9.65. The molecule has 1 nitrogen and oxygen atoms in total. The first-order valence-corrected chi connectivity index (χ1v) is 7.55. The lowest BCUT2D eigenvalue weighted by molar-refractivity contribution is 0.534. The van der Waals surface area contributed by atoms with E-state index in [1.807, 2.05) is 12.1 Å². The van der Waals surface area contributed by atoms with Gasteiger partial charge in [-0.15, -0.1) is 11.8 Å². The number of hydrogen-bond donors (Lipinski definition) is 1. The van der Waals surface area contributed by atoms with Crippen molar-refractivity contribution in [2.75, 3.05) is 5.75 Å². The van der Waals surface area contributed by atoms with Crippen LogP contribution in [0.15, 0.2) is 47.4 Å². The summed E-state index contributed by atoms with van der Waals surface area (Å²) in [4.78, 5) is 1.26. The van der Waals surface area contributed by atoms with Crippen LogP contribution in [0.2, 0.25) is 0 Å². The van der Waals surface area contributed by atoms with Gasteiger partial charge in [0.15, 0.2) is 0 Å². The molecule has 0 saturated heterocycles. The van der Waals surface area contributed by atoms with Crippen molar-refractivity contribution in [3.8, 4) is 0 Å². The van der Waals surface area contributed by atoms with Gasteiger partial charge >= 0.3 is 0 Å². The summed E-state index contributed by atoms with van der Waals surface area (Å²) in [5, 5.41) is 0. The van der Waals surface area contributed by atoms with Crippen LogP contribution < -0.4 is 5.73 Å². The molecular weight excluding hydrogens is 276 g/mol. The molecule has 4 heteroatoms. The Morgan fingerprint density at radius 2 is 2.00 bits per heavy atom. The van der Waals surface area contributed by atoms with Gasteiger partial charge in [0.1, 0.15) is 11.6 Å². The monoisotopic (exact) mass is 291 g/mol. The molecule has 1 aliphatic rings. The molecule has 0 aromatic heterocycles. The Bertz CT molecular complexity index is 630. The second kappa shape index (κ2) is 5.54. The number of benzene rings is 2. The van der Waals surface area contributed by atoms with Crippen molar-refractivity contribution in [2.24, 2.45) is 5.73 Å². The van der Waals surface area contributed by atoms with E-state index in [0.29, 0.717) is 12.0 Å². The normalized spacial score (nSPS) is 18.9. The van der Waals surface area contributed by atoms with Gasteiger partial charge in [0, 0.05) is 28.7 Å². The number of thioether (sulfide) groups is 1. The lowest BCUT2D eigenvalue weighted by Gasteiger charge is -2.20. The van der Waals surface area contributed by atoms with E-state index in [1.54, 1.807) is 11.8 Å². The third-order valence-electron chi connectivity index (χ3n) is 3.72. The van der Waals surface area contributed by atoms with Gasteiger partial charge in [-0.2, -0.15) is 0 Å². The largest absolute Gasteiger partial charge is 0.327 e. The molecule has 0 fully saturated rings. The maximum atomic E-state index is 13.7. The zero-order valence-corrected chi connectivity index (χ0v) is 11.7. The Kier molecular flexibility index (Phi) is 3.76. The quantitative estimate of drug-likeness (QED) is 0.932. The lowest BCUT2D eigenvalue weighted by atomic mass is 9.89. The summed E-state index contributed by atoms with van der Waals surface area (Å²) in [6, 6.07) is 11.7. The van der Waals surface area contributed by atoms with Gasteiger partial charge in [-0.3, -0.25) is 0 Å². The SMILES string of the molecule is NC(Cc1ccc(F)cc1F)C1CSc2ccccc21. The first-order valence-electron chi connectivity index (χ1n) is 6.56. The van der Waals surface area contributed by atoms with Crippen molar-refractivity contribution in [3.05, 3.63) is 65.2 Å². The van der Waals surface area contributed by atoms with Gasteiger partial charge in [0.05, 0.1) is 0 Å². The van der Waals surface area contributed by atoms with E-state index in [4.69, 9.17) is 5.73 Å². The van der Waals surface area contributed by atoms with Crippen molar-refractivity contribution in [2.45, 2.75) is 23.3 Å². The molecule has 2 unspecified atom stereocenters. The highest BCUT2D eigenvalue weighted by Crippen LogP contribution is 2.41. The average Bonchev–Trinajstić information content (AvgIpc) is 2.86. The van der Waals surface area contributed by atoms with Crippen molar-refractivity contribution < 1.29 is 8.78 Å². The second-order valence-electron chi connectivity index (χ2n) is 5.06. The molecule has 104 valence electrons. The Morgan fingerprint density at radius 3 is 2.80 bits per heavy atom. The Labute approximate surface area is 121 Å². The highest BCUT2D eigenvalue weighted by Gasteiger charge is 2.28. The third kappa shape index (κ3) is 2.58. The van der Waals surface area contributed by atoms with Crippen molar-refractivity contribution in [3.63, 3.8) is 0 Å². The predicted molar refractivity (Wildman–Crippen MR) is 77.9 cm³/mol. The zero-order valence-electron chi connectivity index (χ0n) is 10.9. The Hall–Kier alpha value is -1.39. The van der Waals surface area contributed by atoms with Crippen LogP contribution in [0.1, 0.15) is 17.0 Å². The number of nitrogens with two attached hydrogens (primary N) is 1. The van der Waals surface area contributed by atoms with E-state index in [9.17, 15) is 8.78 Å². The van der Waals surface area contributed by atoms with Crippen molar-refractivity contribution in [1.82, 2.24) is 0 Å². The third-order valence-corrected chi connectivity index (χ3v) is 4.93. The van der Waals surface area contributed by atoms with Crippen LogP contribution in [0.25, 0.3) is 0 Å². The summed E-state index contributed by atoms with van der Waals surface area (Å²) in [5.41, 5.74) is 7.98. The summed E-state index contributed by atoms with van der Waals surface area (Å²) < 4.78 is 26.6. The van der Waals surface area contributed by atoms with Crippen LogP contribution in [-0.2, 0) is 6.42 Å². The fourth-order valence-corrected chi connectivity index (χ4v) is 3.97. The van der Waals surface area contributed by atoms with E-state index < -0.39 is 11.6 Å². The van der Waals surface area contributed by atoms with Gasteiger partial charge in [-0.1, -0.05) is 24.3 Å². The minimum Gasteiger partial charge on any atom is -0.327 e. The van der Waals surface area contributed by atoms with Gasteiger partial charge in [0.25, 0.3) is 0 Å². The molecule has 3 rings (SSSR count).